The highest BCUT2D eigenvalue weighted by molar-refractivity contribution is 8.00. The number of ether oxygens (including phenoxy) is 2. The number of Topliss-reactive ketones (excluding diaryl/α,β-unsaturated/α-hetero) is 1. The molecule has 232 valence electrons. The number of nitrogens with zero attached hydrogens (tertiary/aromatic N) is 3. The number of aliphatic hydroxyl groups is 1. The Morgan fingerprint density at radius 2 is 1.70 bits per heavy atom. The van der Waals surface area contributed by atoms with Crippen molar-refractivity contribution in [2.45, 2.75) is 29.7 Å². The second-order valence-electron chi connectivity index (χ2n) is 10.5. The van der Waals surface area contributed by atoms with Crippen molar-refractivity contribution >= 4 is 45.7 Å². The van der Waals surface area contributed by atoms with Gasteiger partial charge in [0.05, 0.1) is 18.7 Å². The predicted octanol–water partition coefficient (Wildman–Crippen LogP) is 7.06. The molecule has 0 aliphatic carbocycles. The van der Waals surface area contributed by atoms with Crippen molar-refractivity contribution in [1.29, 1.82) is 0 Å². The Balaban J connectivity index is 1.33. The van der Waals surface area contributed by atoms with Gasteiger partial charge in [-0.05, 0) is 65.6 Å². The van der Waals surface area contributed by atoms with Crippen LogP contribution in [0.2, 0.25) is 0 Å². The van der Waals surface area contributed by atoms with Gasteiger partial charge in [0, 0.05) is 11.3 Å². The largest absolute Gasteiger partial charge is 0.507 e. The van der Waals surface area contributed by atoms with E-state index < -0.39 is 17.7 Å². The van der Waals surface area contributed by atoms with Gasteiger partial charge in [-0.2, -0.15) is 0 Å². The molecular formula is C35H29N3O6S2. The summed E-state index contributed by atoms with van der Waals surface area (Å²) in [6, 6.07) is 27.9. The molecule has 2 N–H and O–H groups in total. The van der Waals surface area contributed by atoms with Gasteiger partial charge in [0.25, 0.3) is 5.78 Å². The molecule has 1 aromatic heterocycles. The van der Waals surface area contributed by atoms with E-state index in [1.807, 2.05) is 61.5 Å². The van der Waals surface area contributed by atoms with E-state index in [0.717, 1.165) is 16.7 Å². The first-order valence-corrected chi connectivity index (χ1v) is 16.1. The molecule has 1 saturated heterocycles. The van der Waals surface area contributed by atoms with Crippen LogP contribution in [0.15, 0.2) is 107 Å². The number of aliphatic hydroxyl groups excluding tert-OH is 1. The van der Waals surface area contributed by atoms with E-state index in [4.69, 9.17) is 9.47 Å². The molecule has 5 aromatic rings. The van der Waals surface area contributed by atoms with Gasteiger partial charge in [0.15, 0.2) is 15.8 Å². The van der Waals surface area contributed by atoms with Crippen molar-refractivity contribution in [3.8, 4) is 17.2 Å². The number of thioether (sulfide) groups is 1. The number of hydrogen-bond donors (Lipinski definition) is 2. The maximum atomic E-state index is 13.6. The van der Waals surface area contributed by atoms with Crippen molar-refractivity contribution in [1.82, 2.24) is 10.2 Å². The number of aryl methyl sites for hydroxylation is 1. The number of carbonyl (C=O) groups excluding carboxylic acids is 2. The molecule has 1 aliphatic heterocycles. The smallest absolute Gasteiger partial charge is 0.301 e. The molecule has 46 heavy (non-hydrogen) atoms. The van der Waals surface area contributed by atoms with E-state index >= 15 is 0 Å². The molecule has 11 heteroatoms. The summed E-state index contributed by atoms with van der Waals surface area (Å²) in [6.07, 6.45) is 0. The predicted molar refractivity (Wildman–Crippen MR) is 177 cm³/mol. The first-order valence-electron chi connectivity index (χ1n) is 14.3. The third-order valence-corrected chi connectivity index (χ3v) is 9.68. The van der Waals surface area contributed by atoms with Gasteiger partial charge in [-0.15, -0.1) is 10.2 Å². The molecule has 1 unspecified atom stereocenters. The summed E-state index contributed by atoms with van der Waals surface area (Å²) in [5, 5.41) is 30.5. The number of benzene rings is 4. The zero-order valence-electron chi connectivity index (χ0n) is 24.9. The van der Waals surface area contributed by atoms with Crippen molar-refractivity contribution in [2.24, 2.45) is 0 Å². The summed E-state index contributed by atoms with van der Waals surface area (Å²) in [4.78, 5) is 28.5. The minimum atomic E-state index is -1.06. The lowest BCUT2D eigenvalue weighted by Crippen LogP contribution is -2.29. The zero-order valence-corrected chi connectivity index (χ0v) is 26.5. The lowest BCUT2D eigenvalue weighted by molar-refractivity contribution is -0.132. The van der Waals surface area contributed by atoms with E-state index in [-0.39, 0.29) is 28.0 Å². The van der Waals surface area contributed by atoms with Gasteiger partial charge < -0.3 is 19.7 Å². The van der Waals surface area contributed by atoms with Crippen LogP contribution in [0.25, 0.3) is 5.76 Å². The number of aromatic hydroxyl groups is 1. The van der Waals surface area contributed by atoms with Crippen molar-refractivity contribution in [3.05, 3.63) is 130 Å². The van der Waals surface area contributed by atoms with Gasteiger partial charge in [0.1, 0.15) is 18.1 Å². The number of methoxy groups -OCH3 is 1. The highest BCUT2D eigenvalue weighted by Gasteiger charge is 2.48. The van der Waals surface area contributed by atoms with Crippen LogP contribution in [0.5, 0.6) is 17.2 Å². The van der Waals surface area contributed by atoms with E-state index in [1.165, 1.54) is 47.2 Å². The lowest BCUT2D eigenvalue weighted by atomic mass is 9.95. The maximum Gasteiger partial charge on any atom is 0.301 e. The SMILES string of the molecule is COc1cc(C2C(=C(O)c3ccc(OCc4ccccc4C)cc3)C(=O)C(=O)N2c2nnc(SCc3ccccc3)s2)ccc1O. The molecule has 0 saturated carbocycles. The van der Waals surface area contributed by atoms with Crippen LogP contribution in [0, 0.1) is 6.92 Å². The number of aromatic nitrogens is 2. The van der Waals surface area contributed by atoms with Gasteiger partial charge in [0.2, 0.25) is 5.13 Å². The number of hydrogen-bond acceptors (Lipinski definition) is 10. The highest BCUT2D eigenvalue weighted by atomic mass is 32.2. The Kier molecular flexibility index (Phi) is 9.04. The van der Waals surface area contributed by atoms with Gasteiger partial charge >= 0.3 is 5.91 Å². The first kappa shape index (κ1) is 30.9. The maximum absolute atomic E-state index is 13.6. The Morgan fingerprint density at radius 3 is 2.43 bits per heavy atom. The molecular weight excluding hydrogens is 623 g/mol. The fourth-order valence-corrected chi connectivity index (χ4v) is 6.91. The van der Waals surface area contributed by atoms with E-state index in [9.17, 15) is 19.8 Å². The molecule has 0 radical (unpaired) electrons. The Bertz CT molecular complexity index is 1920. The molecule has 1 aliphatic rings. The van der Waals surface area contributed by atoms with Crippen LogP contribution >= 0.6 is 23.1 Å². The fraction of sp³-hybridized carbons (Fsp3) is 0.143. The second kappa shape index (κ2) is 13.5. The van der Waals surface area contributed by atoms with Crippen LogP contribution in [0.4, 0.5) is 5.13 Å². The van der Waals surface area contributed by atoms with Crippen LogP contribution < -0.4 is 14.4 Å². The number of anilines is 1. The third-order valence-electron chi connectivity index (χ3n) is 7.55. The summed E-state index contributed by atoms with van der Waals surface area (Å²) in [5.74, 6) is -0.816. The van der Waals surface area contributed by atoms with Crippen LogP contribution in [-0.4, -0.2) is 39.2 Å². The average Bonchev–Trinajstić information content (AvgIpc) is 3.65. The Hall–Kier alpha value is -5.13. The molecule has 6 rings (SSSR count). The number of phenols is 1. The van der Waals surface area contributed by atoms with Gasteiger partial charge in [-0.25, -0.2) is 0 Å². The van der Waals surface area contributed by atoms with Crippen LogP contribution in [-0.2, 0) is 21.9 Å². The zero-order chi connectivity index (χ0) is 32.2. The monoisotopic (exact) mass is 651 g/mol. The summed E-state index contributed by atoms with van der Waals surface area (Å²) >= 11 is 2.64. The van der Waals surface area contributed by atoms with Crippen molar-refractivity contribution < 1.29 is 29.3 Å². The quantitative estimate of drug-likeness (QED) is 0.0537. The van der Waals surface area contributed by atoms with Gasteiger partial charge in [-0.1, -0.05) is 83.8 Å². The van der Waals surface area contributed by atoms with E-state index in [0.29, 0.717) is 33.6 Å². The molecule has 2 heterocycles. The lowest BCUT2D eigenvalue weighted by Gasteiger charge is -2.23. The summed E-state index contributed by atoms with van der Waals surface area (Å²) in [5.41, 5.74) is 3.91. The molecule has 4 aromatic carbocycles. The molecule has 9 nitrogen and oxygen atoms in total. The van der Waals surface area contributed by atoms with E-state index in [2.05, 4.69) is 10.2 Å². The van der Waals surface area contributed by atoms with Crippen LogP contribution in [0.3, 0.4) is 0 Å². The number of amides is 1. The van der Waals surface area contributed by atoms with Gasteiger partial charge in [-0.3, -0.25) is 14.5 Å². The summed E-state index contributed by atoms with van der Waals surface area (Å²) in [6.45, 7) is 2.39. The molecule has 0 bridgehead atoms. The number of phenolic OH excluding ortho intramolecular Hbond substituents is 1. The normalized spacial score (nSPS) is 15.7. The first-order chi connectivity index (χ1) is 22.3. The topological polar surface area (TPSA) is 122 Å². The molecule has 1 atom stereocenters. The fourth-order valence-electron chi connectivity index (χ4n) is 5.08. The van der Waals surface area contributed by atoms with E-state index in [1.54, 1.807) is 30.3 Å². The average molecular weight is 652 g/mol. The van der Waals surface area contributed by atoms with Crippen LogP contribution in [0.1, 0.15) is 33.9 Å². The molecule has 1 fully saturated rings. The Morgan fingerprint density at radius 1 is 0.957 bits per heavy atom. The summed E-state index contributed by atoms with van der Waals surface area (Å²) in [7, 11) is 1.40. The number of carbonyl (C=O) groups is 2. The number of rotatable bonds is 10. The van der Waals surface area contributed by atoms with Crippen molar-refractivity contribution in [2.75, 3.05) is 12.0 Å². The highest BCUT2D eigenvalue weighted by Crippen LogP contribution is 2.45. The number of ketones is 1. The summed E-state index contributed by atoms with van der Waals surface area (Å²) < 4.78 is 11.9. The minimum absolute atomic E-state index is 0.111. The van der Waals surface area contributed by atoms with Crippen molar-refractivity contribution in [3.63, 3.8) is 0 Å². The standard InChI is InChI=1S/C35H29N3O6S2/c1-21-8-6-7-11-25(21)19-44-26-15-12-23(13-16-26)31(40)29-30(24-14-17-27(39)28(18-24)43-2)38(33(42)32(29)41)34-36-37-35(46-34)45-20-22-9-4-3-5-10-22/h3-18,30,39-40H,19-20H2,1-2H3. The molecule has 0 spiro atoms. The second-order valence-corrected chi connectivity index (χ2v) is 12.6. The molecule has 1 amide bonds. The minimum Gasteiger partial charge on any atom is -0.507 e. The Labute approximate surface area is 273 Å². The third kappa shape index (κ3) is 6.33.